The molecule has 0 spiro atoms. The molecule has 0 aromatic heterocycles. The van der Waals surface area contributed by atoms with Crippen molar-refractivity contribution in [2.45, 2.75) is 26.2 Å². The SMILES string of the molecule is C[C@@H]1C[C@H]1C(=O)NCC1CC1. The van der Waals surface area contributed by atoms with Gasteiger partial charge >= 0.3 is 0 Å². The molecule has 2 saturated carbocycles. The van der Waals surface area contributed by atoms with E-state index < -0.39 is 0 Å². The second-order valence-corrected chi connectivity index (χ2v) is 4.01. The Balaban J connectivity index is 1.65. The Labute approximate surface area is 67.4 Å². The molecule has 0 aliphatic heterocycles. The van der Waals surface area contributed by atoms with Gasteiger partial charge in [0.2, 0.25) is 5.91 Å². The number of carbonyl (C=O) groups excluding carboxylic acids is 1. The molecule has 2 nitrogen and oxygen atoms in total. The van der Waals surface area contributed by atoms with E-state index >= 15 is 0 Å². The molecule has 2 fully saturated rings. The number of hydrogen-bond donors (Lipinski definition) is 1. The van der Waals surface area contributed by atoms with Crippen molar-refractivity contribution >= 4 is 5.91 Å². The minimum Gasteiger partial charge on any atom is -0.356 e. The number of rotatable bonds is 3. The van der Waals surface area contributed by atoms with E-state index in [0.29, 0.717) is 17.7 Å². The van der Waals surface area contributed by atoms with Crippen LogP contribution in [0, 0.1) is 17.8 Å². The molecule has 2 aliphatic rings. The van der Waals surface area contributed by atoms with Gasteiger partial charge in [0.1, 0.15) is 0 Å². The van der Waals surface area contributed by atoms with Crippen molar-refractivity contribution in [3.05, 3.63) is 0 Å². The molecular formula is C9H15NO. The van der Waals surface area contributed by atoms with Crippen LogP contribution in [0.4, 0.5) is 0 Å². The fourth-order valence-electron chi connectivity index (χ4n) is 1.39. The average Bonchev–Trinajstić information content (AvgIpc) is 2.78. The largest absolute Gasteiger partial charge is 0.356 e. The first-order chi connectivity index (χ1) is 5.27. The Morgan fingerprint density at radius 1 is 1.55 bits per heavy atom. The molecule has 0 heterocycles. The van der Waals surface area contributed by atoms with E-state index in [1.165, 1.54) is 12.8 Å². The molecule has 0 bridgehead atoms. The molecule has 1 amide bonds. The molecule has 2 atom stereocenters. The molecule has 2 heteroatoms. The zero-order valence-corrected chi connectivity index (χ0v) is 6.97. The molecule has 0 aromatic carbocycles. The van der Waals surface area contributed by atoms with Gasteiger partial charge in [0.25, 0.3) is 0 Å². The summed E-state index contributed by atoms with van der Waals surface area (Å²) in [5, 5.41) is 3.00. The van der Waals surface area contributed by atoms with Gasteiger partial charge in [-0.05, 0) is 31.1 Å². The van der Waals surface area contributed by atoms with Crippen molar-refractivity contribution in [3.8, 4) is 0 Å². The van der Waals surface area contributed by atoms with Gasteiger partial charge in [-0.3, -0.25) is 4.79 Å². The van der Waals surface area contributed by atoms with Gasteiger partial charge in [-0.15, -0.1) is 0 Å². The maximum atomic E-state index is 11.2. The number of amides is 1. The predicted molar refractivity (Wildman–Crippen MR) is 43.0 cm³/mol. The smallest absolute Gasteiger partial charge is 0.223 e. The molecule has 0 unspecified atom stereocenters. The fraction of sp³-hybridized carbons (Fsp3) is 0.889. The van der Waals surface area contributed by atoms with Crippen LogP contribution in [-0.2, 0) is 4.79 Å². The van der Waals surface area contributed by atoms with Gasteiger partial charge < -0.3 is 5.32 Å². The maximum Gasteiger partial charge on any atom is 0.223 e. The molecule has 1 N–H and O–H groups in total. The van der Waals surface area contributed by atoms with Crippen molar-refractivity contribution in [3.63, 3.8) is 0 Å². The summed E-state index contributed by atoms with van der Waals surface area (Å²) >= 11 is 0. The van der Waals surface area contributed by atoms with Crippen LogP contribution in [0.25, 0.3) is 0 Å². The lowest BCUT2D eigenvalue weighted by Gasteiger charge is -2.01. The molecular weight excluding hydrogens is 138 g/mol. The summed E-state index contributed by atoms with van der Waals surface area (Å²) in [7, 11) is 0. The minimum atomic E-state index is 0.296. The van der Waals surface area contributed by atoms with Crippen LogP contribution in [0.1, 0.15) is 26.2 Å². The lowest BCUT2D eigenvalue weighted by molar-refractivity contribution is -0.122. The van der Waals surface area contributed by atoms with Gasteiger partial charge in [-0.2, -0.15) is 0 Å². The second kappa shape index (κ2) is 2.50. The Kier molecular flexibility index (Phi) is 1.63. The highest BCUT2D eigenvalue weighted by Gasteiger charge is 2.39. The standard InChI is InChI=1S/C9H15NO/c1-6-4-8(6)9(11)10-5-7-2-3-7/h6-8H,2-5H2,1H3,(H,10,11)/t6-,8-/m1/s1. The van der Waals surface area contributed by atoms with Crippen molar-refractivity contribution in [2.24, 2.45) is 17.8 Å². The third-order valence-electron chi connectivity index (χ3n) is 2.71. The summed E-state index contributed by atoms with van der Waals surface area (Å²) in [4.78, 5) is 11.2. The lowest BCUT2D eigenvalue weighted by Crippen LogP contribution is -2.27. The topological polar surface area (TPSA) is 29.1 Å². The van der Waals surface area contributed by atoms with Crippen LogP contribution in [0.15, 0.2) is 0 Å². The van der Waals surface area contributed by atoms with Crippen molar-refractivity contribution in [2.75, 3.05) is 6.54 Å². The highest BCUT2D eigenvalue weighted by atomic mass is 16.2. The van der Waals surface area contributed by atoms with Gasteiger partial charge in [-0.25, -0.2) is 0 Å². The highest BCUT2D eigenvalue weighted by molar-refractivity contribution is 5.81. The molecule has 2 rings (SSSR count). The van der Waals surface area contributed by atoms with E-state index in [1.54, 1.807) is 0 Å². The third-order valence-corrected chi connectivity index (χ3v) is 2.71. The van der Waals surface area contributed by atoms with Crippen LogP contribution >= 0.6 is 0 Å². The number of carbonyl (C=O) groups is 1. The number of nitrogens with one attached hydrogen (secondary N) is 1. The van der Waals surface area contributed by atoms with E-state index in [2.05, 4.69) is 12.2 Å². The highest BCUT2D eigenvalue weighted by Crippen LogP contribution is 2.38. The summed E-state index contributed by atoms with van der Waals surface area (Å²) in [5.74, 6) is 2.11. The molecule has 11 heavy (non-hydrogen) atoms. The third kappa shape index (κ3) is 1.73. The maximum absolute atomic E-state index is 11.2. The summed E-state index contributed by atoms with van der Waals surface area (Å²) < 4.78 is 0. The summed E-state index contributed by atoms with van der Waals surface area (Å²) in [6.07, 6.45) is 3.75. The van der Waals surface area contributed by atoms with Crippen LogP contribution in [0.5, 0.6) is 0 Å². The lowest BCUT2D eigenvalue weighted by atomic mass is 10.3. The molecule has 62 valence electrons. The Morgan fingerprint density at radius 2 is 2.18 bits per heavy atom. The first-order valence-corrected chi connectivity index (χ1v) is 4.55. The van der Waals surface area contributed by atoms with Crippen LogP contribution in [-0.4, -0.2) is 12.5 Å². The van der Waals surface area contributed by atoms with Crippen LogP contribution in [0.2, 0.25) is 0 Å². The van der Waals surface area contributed by atoms with Gasteiger partial charge in [-0.1, -0.05) is 6.92 Å². The predicted octanol–water partition coefficient (Wildman–Crippen LogP) is 1.17. The quantitative estimate of drug-likeness (QED) is 0.648. The Hall–Kier alpha value is -0.530. The van der Waals surface area contributed by atoms with Crippen LogP contribution < -0.4 is 5.32 Å². The molecule has 0 saturated heterocycles. The van der Waals surface area contributed by atoms with Crippen molar-refractivity contribution in [1.29, 1.82) is 0 Å². The minimum absolute atomic E-state index is 0.296. The van der Waals surface area contributed by atoms with Gasteiger partial charge in [0, 0.05) is 12.5 Å². The molecule has 0 radical (unpaired) electrons. The average molecular weight is 153 g/mol. The van der Waals surface area contributed by atoms with Crippen molar-refractivity contribution in [1.82, 2.24) is 5.32 Å². The normalized spacial score (nSPS) is 35.0. The Morgan fingerprint density at radius 3 is 2.64 bits per heavy atom. The van der Waals surface area contributed by atoms with E-state index in [4.69, 9.17) is 0 Å². The van der Waals surface area contributed by atoms with E-state index in [9.17, 15) is 4.79 Å². The first-order valence-electron chi connectivity index (χ1n) is 4.55. The zero-order chi connectivity index (χ0) is 7.84. The fourth-order valence-corrected chi connectivity index (χ4v) is 1.39. The summed E-state index contributed by atoms with van der Waals surface area (Å²) in [6, 6.07) is 0. The first kappa shape index (κ1) is 7.14. The number of hydrogen-bond acceptors (Lipinski definition) is 1. The Bertz CT molecular complexity index is 174. The summed E-state index contributed by atoms with van der Waals surface area (Å²) in [5.41, 5.74) is 0. The van der Waals surface area contributed by atoms with Gasteiger partial charge in [0.05, 0.1) is 0 Å². The van der Waals surface area contributed by atoms with E-state index in [-0.39, 0.29) is 0 Å². The molecule has 2 aliphatic carbocycles. The van der Waals surface area contributed by atoms with E-state index in [1.807, 2.05) is 0 Å². The summed E-state index contributed by atoms with van der Waals surface area (Å²) in [6.45, 7) is 3.07. The zero-order valence-electron chi connectivity index (χ0n) is 6.97. The monoisotopic (exact) mass is 153 g/mol. The van der Waals surface area contributed by atoms with E-state index in [0.717, 1.165) is 18.9 Å². The van der Waals surface area contributed by atoms with Gasteiger partial charge in [0.15, 0.2) is 0 Å². The van der Waals surface area contributed by atoms with Crippen molar-refractivity contribution < 1.29 is 4.79 Å². The van der Waals surface area contributed by atoms with Crippen LogP contribution in [0.3, 0.4) is 0 Å². The second-order valence-electron chi connectivity index (χ2n) is 4.01. The molecule has 0 aromatic rings.